The van der Waals surface area contributed by atoms with Gasteiger partial charge in [-0.25, -0.2) is 0 Å². The van der Waals surface area contributed by atoms with Crippen LogP contribution >= 0.6 is 0 Å². The van der Waals surface area contributed by atoms with Crippen molar-refractivity contribution < 1.29 is 14.9 Å². The number of nitriles is 1. The minimum atomic E-state index is -0.620. The number of nitrogens with one attached hydrogen (secondary N) is 1. The number of nitrogens with zero attached hydrogens (tertiary/aromatic N) is 2. The van der Waals surface area contributed by atoms with Crippen molar-refractivity contribution in [2.24, 2.45) is 5.73 Å². The molecule has 0 spiro atoms. The molecule has 1 unspecified atom stereocenters. The van der Waals surface area contributed by atoms with E-state index < -0.39 is 5.92 Å². The van der Waals surface area contributed by atoms with E-state index in [1.54, 1.807) is 6.07 Å². The third-order valence-corrected chi connectivity index (χ3v) is 5.31. The van der Waals surface area contributed by atoms with Gasteiger partial charge in [-0.2, -0.15) is 5.26 Å². The summed E-state index contributed by atoms with van der Waals surface area (Å²) in [5.74, 6) is -0.924. The van der Waals surface area contributed by atoms with Gasteiger partial charge in [0, 0.05) is 5.56 Å². The van der Waals surface area contributed by atoms with E-state index in [4.69, 9.17) is 10.5 Å². The number of phenols is 2. The van der Waals surface area contributed by atoms with Gasteiger partial charge in [0.2, 0.25) is 11.8 Å². The number of nitrogens with two attached hydrogens (primary N) is 1. The molecule has 7 heteroatoms. The van der Waals surface area contributed by atoms with Gasteiger partial charge in [0.25, 0.3) is 0 Å². The summed E-state index contributed by atoms with van der Waals surface area (Å²) in [6.45, 7) is 0. The zero-order valence-corrected chi connectivity index (χ0v) is 15.6. The van der Waals surface area contributed by atoms with Crippen molar-refractivity contribution in [3.8, 4) is 34.7 Å². The summed E-state index contributed by atoms with van der Waals surface area (Å²) in [7, 11) is 0. The zero-order valence-electron chi connectivity index (χ0n) is 15.6. The van der Waals surface area contributed by atoms with Crippen LogP contribution < -0.4 is 10.5 Å². The summed E-state index contributed by atoms with van der Waals surface area (Å²) < 4.78 is 5.61. The maximum atomic E-state index is 10.0. The van der Waals surface area contributed by atoms with E-state index >= 15 is 0 Å². The van der Waals surface area contributed by atoms with E-state index in [0.717, 1.165) is 16.3 Å². The summed E-state index contributed by atoms with van der Waals surface area (Å²) >= 11 is 0. The number of aromatic hydroxyl groups is 2. The zero-order chi connectivity index (χ0) is 20.8. The van der Waals surface area contributed by atoms with Gasteiger partial charge >= 0.3 is 0 Å². The number of ether oxygens (including phenoxy) is 1. The molecule has 0 saturated heterocycles. The van der Waals surface area contributed by atoms with E-state index in [0.29, 0.717) is 16.8 Å². The maximum absolute atomic E-state index is 10.0. The lowest BCUT2D eigenvalue weighted by atomic mass is 9.82. The van der Waals surface area contributed by atoms with Crippen molar-refractivity contribution >= 4 is 10.8 Å². The summed E-state index contributed by atoms with van der Waals surface area (Å²) in [5, 5.41) is 38.9. The van der Waals surface area contributed by atoms with Crippen molar-refractivity contribution in [3.05, 3.63) is 83.2 Å². The molecule has 1 aromatic heterocycles. The van der Waals surface area contributed by atoms with E-state index in [1.807, 2.05) is 42.5 Å². The first-order valence-electron chi connectivity index (χ1n) is 9.23. The van der Waals surface area contributed by atoms with Gasteiger partial charge in [-0.05, 0) is 34.5 Å². The van der Waals surface area contributed by atoms with Gasteiger partial charge in [0.15, 0.2) is 11.5 Å². The number of aromatic amines is 1. The first-order valence-corrected chi connectivity index (χ1v) is 9.23. The maximum Gasteiger partial charge on any atom is 0.244 e. The van der Waals surface area contributed by atoms with Gasteiger partial charge < -0.3 is 20.7 Å². The predicted octanol–water partition coefficient (Wildman–Crippen LogP) is 3.86. The second kappa shape index (κ2) is 6.57. The SMILES string of the molecule is N#CC1=C(N)Oc2n[nH]c(-c3ccc4ccccc4c3)c2C1c1ccc(O)c(O)c1. The lowest BCUT2D eigenvalue weighted by molar-refractivity contribution is 0.378. The Balaban J connectivity index is 1.74. The van der Waals surface area contributed by atoms with Crippen LogP contribution in [0, 0.1) is 11.3 Å². The molecule has 0 fully saturated rings. The number of rotatable bonds is 2. The fourth-order valence-electron chi connectivity index (χ4n) is 3.86. The van der Waals surface area contributed by atoms with Crippen molar-refractivity contribution in [3.63, 3.8) is 0 Å². The molecule has 2 heterocycles. The van der Waals surface area contributed by atoms with Crippen molar-refractivity contribution in [2.75, 3.05) is 0 Å². The molecule has 0 saturated carbocycles. The molecular weight excluding hydrogens is 380 g/mol. The van der Waals surface area contributed by atoms with Crippen LogP contribution in [-0.2, 0) is 0 Å². The highest BCUT2D eigenvalue weighted by molar-refractivity contribution is 5.87. The van der Waals surface area contributed by atoms with Gasteiger partial charge in [-0.3, -0.25) is 5.10 Å². The normalized spacial score (nSPS) is 15.5. The van der Waals surface area contributed by atoms with Crippen LogP contribution in [0.25, 0.3) is 22.0 Å². The van der Waals surface area contributed by atoms with Crippen LogP contribution in [0.2, 0.25) is 0 Å². The number of aromatic nitrogens is 2. The highest BCUT2D eigenvalue weighted by Gasteiger charge is 2.36. The average molecular weight is 396 g/mol. The van der Waals surface area contributed by atoms with Crippen LogP contribution in [0.15, 0.2) is 72.1 Å². The van der Waals surface area contributed by atoms with E-state index in [1.165, 1.54) is 12.1 Å². The van der Waals surface area contributed by atoms with Gasteiger partial charge in [0.1, 0.15) is 11.6 Å². The lowest BCUT2D eigenvalue weighted by Gasteiger charge is -2.24. The third-order valence-electron chi connectivity index (χ3n) is 5.31. The Morgan fingerprint density at radius 1 is 1.00 bits per heavy atom. The Morgan fingerprint density at radius 3 is 2.57 bits per heavy atom. The van der Waals surface area contributed by atoms with Crippen LogP contribution in [0.3, 0.4) is 0 Å². The number of fused-ring (bicyclic) bond motifs is 2. The summed E-state index contributed by atoms with van der Waals surface area (Å²) in [6.07, 6.45) is 0. The first kappa shape index (κ1) is 17.6. The Morgan fingerprint density at radius 2 is 1.80 bits per heavy atom. The molecule has 0 bridgehead atoms. The van der Waals surface area contributed by atoms with Crippen LogP contribution in [-0.4, -0.2) is 20.4 Å². The largest absolute Gasteiger partial charge is 0.504 e. The number of H-pyrrole nitrogens is 1. The fourth-order valence-corrected chi connectivity index (χ4v) is 3.86. The number of hydrogen-bond acceptors (Lipinski definition) is 6. The Hall–Kier alpha value is -4.44. The minimum Gasteiger partial charge on any atom is -0.504 e. The van der Waals surface area contributed by atoms with Gasteiger partial charge in [-0.1, -0.05) is 42.5 Å². The second-order valence-corrected chi connectivity index (χ2v) is 7.05. The molecular formula is C23H16N4O3. The van der Waals surface area contributed by atoms with E-state index in [9.17, 15) is 15.5 Å². The molecule has 4 aromatic rings. The molecule has 7 nitrogen and oxygen atoms in total. The monoisotopic (exact) mass is 396 g/mol. The second-order valence-electron chi connectivity index (χ2n) is 7.05. The molecule has 146 valence electrons. The van der Waals surface area contributed by atoms with Crippen molar-refractivity contribution in [1.29, 1.82) is 5.26 Å². The van der Waals surface area contributed by atoms with Gasteiger partial charge in [0.05, 0.1) is 17.2 Å². The average Bonchev–Trinajstić information content (AvgIpc) is 3.17. The Bertz CT molecular complexity index is 1380. The molecule has 3 aromatic carbocycles. The molecule has 1 aliphatic heterocycles. The molecule has 0 aliphatic carbocycles. The quantitative estimate of drug-likeness (QED) is 0.381. The molecule has 0 amide bonds. The number of phenolic OH excluding ortho intramolecular Hbond substituents is 2. The van der Waals surface area contributed by atoms with Gasteiger partial charge in [-0.15, -0.1) is 5.10 Å². The number of hydrogen-bond donors (Lipinski definition) is 4. The Labute approximate surface area is 171 Å². The van der Waals surface area contributed by atoms with Crippen LogP contribution in [0.4, 0.5) is 0 Å². The molecule has 5 rings (SSSR count). The molecule has 1 aliphatic rings. The predicted molar refractivity (Wildman–Crippen MR) is 111 cm³/mol. The van der Waals surface area contributed by atoms with E-state index in [2.05, 4.69) is 16.3 Å². The number of allylic oxidation sites excluding steroid dienone is 1. The molecule has 5 N–H and O–H groups in total. The smallest absolute Gasteiger partial charge is 0.244 e. The number of benzene rings is 3. The lowest BCUT2D eigenvalue weighted by Crippen LogP contribution is -2.20. The van der Waals surface area contributed by atoms with Crippen molar-refractivity contribution in [2.45, 2.75) is 5.92 Å². The minimum absolute atomic E-state index is 0.0425. The van der Waals surface area contributed by atoms with Crippen molar-refractivity contribution in [1.82, 2.24) is 10.2 Å². The molecule has 30 heavy (non-hydrogen) atoms. The Kier molecular flexibility index (Phi) is 3.86. The summed E-state index contributed by atoms with van der Waals surface area (Å²) in [4.78, 5) is 0. The van der Waals surface area contributed by atoms with E-state index in [-0.39, 0.29) is 28.8 Å². The summed E-state index contributed by atoms with van der Waals surface area (Å²) in [5.41, 5.74) is 8.98. The highest BCUT2D eigenvalue weighted by atomic mass is 16.5. The standard InChI is InChI=1S/C23H16N4O3/c24-11-16-19(14-7-8-17(28)18(29)10-14)20-21(26-27-23(20)30-22(16)25)15-6-5-12-3-1-2-4-13(12)9-15/h1-10,19,28-29H,25H2,(H,26,27). The van der Waals surface area contributed by atoms with Crippen LogP contribution in [0.5, 0.6) is 17.4 Å². The molecule has 1 atom stereocenters. The van der Waals surface area contributed by atoms with Crippen LogP contribution in [0.1, 0.15) is 17.0 Å². The topological polar surface area (TPSA) is 128 Å². The third kappa shape index (κ3) is 2.63. The summed E-state index contributed by atoms with van der Waals surface area (Å²) in [6, 6.07) is 20.6. The fraction of sp³-hybridized carbons (Fsp3) is 0.0435. The first-order chi connectivity index (χ1) is 14.6. The molecule has 0 radical (unpaired) electrons. The highest BCUT2D eigenvalue weighted by Crippen LogP contribution is 2.47.